The number of unbranched alkanes of at least 4 members (excludes halogenated alkanes) is 2. The van der Waals surface area contributed by atoms with Gasteiger partial charge in [0.25, 0.3) is 17.7 Å². The van der Waals surface area contributed by atoms with Crippen molar-refractivity contribution in [3.8, 4) is 0 Å². The monoisotopic (exact) mass is 773 g/mol. The number of aldehydes is 1. The van der Waals surface area contributed by atoms with Gasteiger partial charge in [0.15, 0.2) is 6.29 Å². The van der Waals surface area contributed by atoms with Crippen LogP contribution in [0.2, 0.25) is 0 Å². The molecule has 0 aromatic heterocycles. The normalized spacial score (nSPS) is 12.9. The maximum atomic E-state index is 13.4. The fourth-order valence-corrected chi connectivity index (χ4v) is 4.79. The third-order valence-corrected chi connectivity index (χ3v) is 7.62. The van der Waals surface area contributed by atoms with Crippen molar-refractivity contribution in [1.29, 1.82) is 0 Å². The van der Waals surface area contributed by atoms with E-state index in [2.05, 4.69) is 31.3 Å². The molecule has 0 saturated heterocycles. The van der Waals surface area contributed by atoms with E-state index >= 15 is 0 Å². The van der Waals surface area contributed by atoms with Crippen molar-refractivity contribution in [3.63, 3.8) is 0 Å². The Morgan fingerprint density at radius 3 is 2.13 bits per heavy atom. The van der Waals surface area contributed by atoms with Crippen molar-refractivity contribution in [2.24, 2.45) is 11.7 Å². The zero-order valence-electron chi connectivity index (χ0n) is 30.5. The first-order valence-electron chi connectivity index (χ1n) is 17.3. The van der Waals surface area contributed by atoms with Crippen LogP contribution in [0.3, 0.4) is 0 Å². The Morgan fingerprint density at radius 1 is 0.800 bits per heavy atom. The number of hydrazine groups is 1. The van der Waals surface area contributed by atoms with Crippen LogP contribution in [-0.2, 0) is 49.6 Å². The molecule has 1 aliphatic heterocycles. The summed E-state index contributed by atoms with van der Waals surface area (Å²) in [5.41, 5.74) is 9.96. The molecule has 0 radical (unpaired) electrons. The Bertz CT molecular complexity index is 1560. The molecule has 21 heteroatoms. The van der Waals surface area contributed by atoms with Gasteiger partial charge in [0.1, 0.15) is 31.8 Å². The van der Waals surface area contributed by atoms with Crippen LogP contribution in [0.25, 0.3) is 0 Å². The van der Waals surface area contributed by atoms with Gasteiger partial charge in [-0.3, -0.25) is 43.9 Å². The summed E-state index contributed by atoms with van der Waals surface area (Å²) < 4.78 is 9.42. The first-order valence-corrected chi connectivity index (χ1v) is 17.3. The van der Waals surface area contributed by atoms with Crippen LogP contribution in [0.4, 0.5) is 20.1 Å². The molecule has 21 nitrogen and oxygen atoms in total. The molecule has 10 amide bonds. The Kier molecular flexibility index (Phi) is 19.4. The minimum Gasteiger partial charge on any atom is -0.443 e. The molecule has 9 N–H and O–H groups in total. The summed E-state index contributed by atoms with van der Waals surface area (Å²) in [5.74, 6) is -3.46. The van der Waals surface area contributed by atoms with E-state index in [-0.39, 0.29) is 62.6 Å². The molecule has 0 unspecified atom stereocenters. The number of nitrogens with one attached hydrogen (secondary N) is 7. The lowest BCUT2D eigenvalue weighted by atomic mass is 10.0. The van der Waals surface area contributed by atoms with Crippen LogP contribution < -0.4 is 43.2 Å². The molecule has 55 heavy (non-hydrogen) atoms. The number of benzene rings is 1. The van der Waals surface area contributed by atoms with Gasteiger partial charge in [0, 0.05) is 37.3 Å². The summed E-state index contributed by atoms with van der Waals surface area (Å²) in [4.78, 5) is 120. The molecule has 1 aromatic carbocycles. The van der Waals surface area contributed by atoms with Gasteiger partial charge < -0.3 is 41.8 Å². The van der Waals surface area contributed by atoms with E-state index in [9.17, 15) is 47.9 Å². The van der Waals surface area contributed by atoms with Gasteiger partial charge in [0.2, 0.25) is 17.7 Å². The third kappa shape index (κ3) is 17.7. The number of primary amides is 1. The number of imide groups is 1. The zero-order chi connectivity index (χ0) is 40.8. The van der Waals surface area contributed by atoms with Crippen molar-refractivity contribution in [3.05, 3.63) is 42.0 Å². The number of alkyl carbamates (subject to hydrolysis) is 1. The van der Waals surface area contributed by atoms with Crippen molar-refractivity contribution >= 4 is 65.6 Å². The number of urea groups is 1. The predicted molar refractivity (Wildman–Crippen MR) is 192 cm³/mol. The average Bonchev–Trinajstić information content (AvgIpc) is 3.47. The first kappa shape index (κ1) is 44.6. The minimum absolute atomic E-state index is 0.101. The van der Waals surface area contributed by atoms with E-state index in [1.807, 2.05) is 10.9 Å². The lowest BCUT2D eigenvalue weighted by molar-refractivity contribution is -0.137. The Balaban J connectivity index is 1.88. The lowest BCUT2D eigenvalue weighted by Gasteiger charge is -2.25. The van der Waals surface area contributed by atoms with Gasteiger partial charge in [-0.15, -0.1) is 0 Å². The zero-order valence-corrected chi connectivity index (χ0v) is 30.5. The van der Waals surface area contributed by atoms with E-state index in [1.165, 1.54) is 24.3 Å². The van der Waals surface area contributed by atoms with Crippen molar-refractivity contribution in [1.82, 2.24) is 37.0 Å². The second-order valence-corrected chi connectivity index (χ2v) is 12.3. The lowest BCUT2D eigenvalue weighted by Crippen LogP contribution is -2.54. The van der Waals surface area contributed by atoms with Gasteiger partial charge in [-0.25, -0.2) is 19.8 Å². The molecule has 2 rings (SSSR count). The van der Waals surface area contributed by atoms with Crippen LogP contribution >= 0.6 is 0 Å². The number of nitrogens with two attached hydrogens (primary N) is 1. The van der Waals surface area contributed by atoms with Crippen LogP contribution in [-0.4, -0.2) is 103 Å². The molecule has 1 heterocycles. The highest BCUT2D eigenvalue weighted by molar-refractivity contribution is 6.12. The van der Waals surface area contributed by atoms with Crippen LogP contribution in [0, 0.1) is 5.92 Å². The van der Waals surface area contributed by atoms with E-state index in [4.69, 9.17) is 10.5 Å². The van der Waals surface area contributed by atoms with E-state index in [1.54, 1.807) is 26.0 Å². The number of ether oxygens (including phenoxy) is 2. The third-order valence-electron chi connectivity index (χ3n) is 7.62. The molecule has 300 valence electrons. The van der Waals surface area contributed by atoms with E-state index in [0.717, 1.165) is 4.90 Å². The number of nitrogens with zero attached hydrogens (tertiary/aromatic N) is 1. The van der Waals surface area contributed by atoms with Gasteiger partial charge in [-0.05, 0) is 49.3 Å². The molecule has 0 aliphatic carbocycles. The standard InChI is InChI=1S/C34H47N9O12/c1-21(2)29(40-25(45)8-4-3-5-16-43-27(47)13-14-28(43)48)31(50)39-24(7-6-15-36-32(35)51)30(49)38-23-11-9-22(10-12-23)20-55-34(53)42-41-26(46)19-37-33(52)54-18-17-44/h9-14,17,21,24,29H,3-8,15-16,18-20H2,1-2H3,(H,37,52)(H,38,49)(H,39,50)(H,40,45)(H,41,46)(H,42,53)(H3,35,36,51)/t24-,29-/m0/s1. The summed E-state index contributed by atoms with van der Waals surface area (Å²) in [5, 5.41) is 12.6. The second-order valence-electron chi connectivity index (χ2n) is 12.3. The Morgan fingerprint density at radius 2 is 1.49 bits per heavy atom. The first-order chi connectivity index (χ1) is 26.2. The average molecular weight is 774 g/mol. The van der Waals surface area contributed by atoms with Crippen LogP contribution in [0.1, 0.15) is 57.9 Å². The highest BCUT2D eigenvalue weighted by atomic mass is 16.6. The Labute approximate surface area is 316 Å². The van der Waals surface area contributed by atoms with Gasteiger partial charge in [-0.2, -0.15) is 0 Å². The number of hydrogen-bond donors (Lipinski definition) is 8. The smallest absolute Gasteiger partial charge is 0.426 e. The number of carbonyl (C=O) groups excluding carboxylic acids is 10. The number of amides is 10. The molecular weight excluding hydrogens is 726 g/mol. The fraction of sp³-hybridized carbons (Fsp3) is 0.471. The summed E-state index contributed by atoms with van der Waals surface area (Å²) >= 11 is 0. The van der Waals surface area contributed by atoms with Crippen LogP contribution in [0.15, 0.2) is 36.4 Å². The van der Waals surface area contributed by atoms with Crippen molar-refractivity contribution < 1.29 is 57.4 Å². The minimum atomic E-state index is -1.08. The number of carbonyl (C=O) groups is 10. The quantitative estimate of drug-likeness (QED) is 0.0316. The summed E-state index contributed by atoms with van der Waals surface area (Å²) in [6.07, 6.45) is 2.77. The topological polar surface area (TPSA) is 303 Å². The second kappa shape index (κ2) is 23.9. The molecule has 0 spiro atoms. The molecule has 0 bridgehead atoms. The van der Waals surface area contributed by atoms with Gasteiger partial charge >= 0.3 is 18.2 Å². The van der Waals surface area contributed by atoms with Crippen molar-refractivity contribution in [2.75, 3.05) is 31.6 Å². The fourth-order valence-electron chi connectivity index (χ4n) is 4.79. The largest absolute Gasteiger partial charge is 0.443 e. The molecule has 1 aliphatic rings. The number of hydrogen-bond acceptors (Lipinski definition) is 12. The maximum Gasteiger partial charge on any atom is 0.426 e. The number of rotatable bonds is 22. The van der Waals surface area contributed by atoms with E-state index < -0.39 is 61.2 Å². The van der Waals surface area contributed by atoms with Gasteiger partial charge in [-0.1, -0.05) is 32.4 Å². The van der Waals surface area contributed by atoms with Gasteiger partial charge in [0.05, 0.1) is 0 Å². The number of anilines is 1. The SMILES string of the molecule is CC(C)[C@H](NC(=O)CCCCCN1C(=O)C=CC1=O)C(=O)N[C@@H](CCCNC(N)=O)C(=O)Nc1ccc(COC(=O)NNC(=O)CNC(=O)OCC=O)cc1. The summed E-state index contributed by atoms with van der Waals surface area (Å²) in [7, 11) is 0. The molecular formula is C34H47N9O12. The molecule has 1 aromatic rings. The molecule has 2 atom stereocenters. The van der Waals surface area contributed by atoms with Crippen LogP contribution in [0.5, 0.6) is 0 Å². The highest BCUT2D eigenvalue weighted by Crippen LogP contribution is 2.13. The van der Waals surface area contributed by atoms with Crippen molar-refractivity contribution in [2.45, 2.75) is 71.1 Å². The predicted octanol–water partition coefficient (Wildman–Crippen LogP) is -0.633. The molecule has 0 saturated carbocycles. The summed E-state index contributed by atoms with van der Waals surface area (Å²) in [6.45, 7) is 2.59. The Hall–Kier alpha value is -6.54. The maximum absolute atomic E-state index is 13.4. The molecule has 0 fully saturated rings. The van der Waals surface area contributed by atoms with E-state index in [0.29, 0.717) is 36.8 Å². The highest BCUT2D eigenvalue weighted by Gasteiger charge is 2.29. The summed E-state index contributed by atoms with van der Waals surface area (Å²) in [6, 6.07) is 3.34.